The smallest absolute Gasteiger partial charge is 0.308 e. The van der Waals surface area contributed by atoms with Crippen molar-refractivity contribution in [1.82, 2.24) is 4.90 Å². The summed E-state index contributed by atoms with van der Waals surface area (Å²) in [5.41, 5.74) is 1.40. The van der Waals surface area contributed by atoms with Crippen molar-refractivity contribution < 1.29 is 14.3 Å². The number of likely N-dealkylation sites (tertiary alicyclic amines) is 1. The Morgan fingerprint density at radius 3 is 2.55 bits per heavy atom. The molecule has 1 heterocycles. The molecule has 3 nitrogen and oxygen atoms in total. The lowest BCUT2D eigenvalue weighted by atomic mass is 9.88. The van der Waals surface area contributed by atoms with Crippen LogP contribution in [0.25, 0.3) is 0 Å². The van der Waals surface area contributed by atoms with Crippen LogP contribution in [0.3, 0.4) is 0 Å². The molecular formula is C18H26FNO2. The maximum absolute atomic E-state index is 14.5. The van der Waals surface area contributed by atoms with Crippen molar-refractivity contribution in [3.63, 3.8) is 0 Å². The van der Waals surface area contributed by atoms with E-state index in [4.69, 9.17) is 0 Å². The molecule has 0 aliphatic carbocycles. The average molecular weight is 307 g/mol. The Kier molecular flexibility index (Phi) is 4.90. The number of aryl methyl sites for hydroxylation is 1. The van der Waals surface area contributed by atoms with Gasteiger partial charge in [-0.1, -0.05) is 25.5 Å². The maximum Gasteiger partial charge on any atom is 0.308 e. The molecule has 1 aromatic carbocycles. The van der Waals surface area contributed by atoms with Crippen LogP contribution in [0.1, 0.15) is 51.2 Å². The SMILES string of the molecule is CCCc1ccc([C@@H]2CN(C(C)(C)C)C[C@H]2C(=O)O)c(F)c1. The summed E-state index contributed by atoms with van der Waals surface area (Å²) in [6, 6.07) is 5.28. The average Bonchev–Trinajstić information content (AvgIpc) is 2.84. The molecular weight excluding hydrogens is 281 g/mol. The van der Waals surface area contributed by atoms with Gasteiger partial charge in [-0.25, -0.2) is 4.39 Å². The lowest BCUT2D eigenvalue weighted by Gasteiger charge is -2.31. The maximum atomic E-state index is 14.5. The highest BCUT2D eigenvalue weighted by molar-refractivity contribution is 5.72. The Bertz CT molecular complexity index is 551. The zero-order valence-corrected chi connectivity index (χ0v) is 13.9. The van der Waals surface area contributed by atoms with E-state index >= 15 is 0 Å². The van der Waals surface area contributed by atoms with Crippen molar-refractivity contribution in [2.45, 2.75) is 52.0 Å². The van der Waals surface area contributed by atoms with E-state index in [1.165, 1.54) is 0 Å². The van der Waals surface area contributed by atoms with Crippen LogP contribution in [-0.4, -0.2) is 34.6 Å². The number of aliphatic carboxylic acids is 1. The number of carbonyl (C=O) groups is 1. The zero-order valence-electron chi connectivity index (χ0n) is 13.9. The monoisotopic (exact) mass is 307 g/mol. The quantitative estimate of drug-likeness (QED) is 0.922. The van der Waals surface area contributed by atoms with Gasteiger partial charge in [-0.3, -0.25) is 9.69 Å². The lowest BCUT2D eigenvalue weighted by molar-refractivity contribution is -0.141. The van der Waals surface area contributed by atoms with E-state index in [2.05, 4.69) is 32.6 Å². The fourth-order valence-electron chi connectivity index (χ4n) is 3.23. The molecule has 122 valence electrons. The molecule has 4 heteroatoms. The van der Waals surface area contributed by atoms with Crippen LogP contribution >= 0.6 is 0 Å². The molecule has 0 radical (unpaired) electrons. The molecule has 1 saturated heterocycles. The largest absolute Gasteiger partial charge is 0.481 e. The van der Waals surface area contributed by atoms with E-state index in [1.54, 1.807) is 12.1 Å². The second-order valence-corrected chi connectivity index (χ2v) is 7.23. The predicted octanol–water partition coefficient (Wildman–Crippen LogP) is 3.68. The highest BCUT2D eigenvalue weighted by Crippen LogP contribution is 2.37. The van der Waals surface area contributed by atoms with Crippen LogP contribution in [0, 0.1) is 11.7 Å². The summed E-state index contributed by atoms with van der Waals surface area (Å²) in [7, 11) is 0. The summed E-state index contributed by atoms with van der Waals surface area (Å²) in [5, 5.41) is 9.51. The first-order chi connectivity index (χ1) is 10.2. The van der Waals surface area contributed by atoms with Gasteiger partial charge in [-0.15, -0.1) is 0 Å². The van der Waals surface area contributed by atoms with Crippen LogP contribution in [0.4, 0.5) is 4.39 Å². The topological polar surface area (TPSA) is 40.5 Å². The highest BCUT2D eigenvalue weighted by Gasteiger charge is 2.42. The molecule has 22 heavy (non-hydrogen) atoms. The molecule has 0 unspecified atom stereocenters. The van der Waals surface area contributed by atoms with Crippen molar-refractivity contribution in [2.24, 2.45) is 5.92 Å². The van der Waals surface area contributed by atoms with Crippen molar-refractivity contribution in [2.75, 3.05) is 13.1 Å². The summed E-state index contributed by atoms with van der Waals surface area (Å²) in [6.07, 6.45) is 1.82. The van der Waals surface area contributed by atoms with Gasteiger partial charge in [0.2, 0.25) is 0 Å². The van der Waals surface area contributed by atoms with Crippen molar-refractivity contribution in [3.05, 3.63) is 35.1 Å². The second-order valence-electron chi connectivity index (χ2n) is 7.23. The number of halogens is 1. The van der Waals surface area contributed by atoms with Gasteiger partial charge < -0.3 is 5.11 Å². The van der Waals surface area contributed by atoms with Crippen LogP contribution in [-0.2, 0) is 11.2 Å². The third-order valence-corrected chi connectivity index (χ3v) is 4.59. The minimum absolute atomic E-state index is 0.110. The van der Waals surface area contributed by atoms with E-state index in [9.17, 15) is 14.3 Å². The third-order valence-electron chi connectivity index (χ3n) is 4.59. The molecule has 0 saturated carbocycles. The van der Waals surface area contributed by atoms with E-state index in [0.29, 0.717) is 18.7 Å². The van der Waals surface area contributed by atoms with Crippen LogP contribution in [0.2, 0.25) is 0 Å². The van der Waals surface area contributed by atoms with Gasteiger partial charge in [0, 0.05) is 24.5 Å². The molecule has 1 aliphatic heterocycles. The zero-order chi connectivity index (χ0) is 16.5. The first-order valence-electron chi connectivity index (χ1n) is 8.00. The molecule has 1 aromatic rings. The van der Waals surface area contributed by atoms with E-state index in [0.717, 1.165) is 18.4 Å². The van der Waals surface area contributed by atoms with E-state index in [-0.39, 0.29) is 17.3 Å². The number of benzene rings is 1. The molecule has 0 spiro atoms. The number of carboxylic acid groups (broad SMARTS) is 1. The van der Waals surface area contributed by atoms with Crippen molar-refractivity contribution >= 4 is 5.97 Å². The molecule has 1 aliphatic rings. The summed E-state index contributed by atoms with van der Waals surface area (Å²) in [5.74, 6) is -1.94. The summed E-state index contributed by atoms with van der Waals surface area (Å²) >= 11 is 0. The fraction of sp³-hybridized carbons (Fsp3) is 0.611. The van der Waals surface area contributed by atoms with Gasteiger partial charge in [-0.05, 0) is 44.4 Å². The molecule has 2 atom stereocenters. The number of rotatable bonds is 4. The minimum atomic E-state index is -0.839. The number of hydrogen-bond acceptors (Lipinski definition) is 2. The van der Waals surface area contributed by atoms with Gasteiger partial charge >= 0.3 is 5.97 Å². The molecule has 1 N–H and O–H groups in total. The van der Waals surface area contributed by atoms with Gasteiger partial charge in [0.15, 0.2) is 0 Å². The Morgan fingerprint density at radius 2 is 2.05 bits per heavy atom. The van der Waals surface area contributed by atoms with Gasteiger partial charge in [0.05, 0.1) is 5.92 Å². The summed E-state index contributed by atoms with van der Waals surface area (Å²) in [4.78, 5) is 13.7. The highest BCUT2D eigenvalue weighted by atomic mass is 19.1. The number of hydrogen-bond donors (Lipinski definition) is 1. The predicted molar refractivity (Wildman–Crippen MR) is 85.6 cm³/mol. The number of nitrogens with zero attached hydrogens (tertiary/aromatic N) is 1. The second kappa shape index (κ2) is 6.37. The molecule has 0 amide bonds. The Balaban J connectivity index is 2.31. The van der Waals surface area contributed by atoms with Gasteiger partial charge in [-0.2, -0.15) is 0 Å². The molecule has 0 aromatic heterocycles. The van der Waals surface area contributed by atoms with Crippen LogP contribution in [0.5, 0.6) is 0 Å². The van der Waals surface area contributed by atoms with Crippen LogP contribution in [0.15, 0.2) is 18.2 Å². The Hall–Kier alpha value is -1.42. The molecule has 1 fully saturated rings. The van der Waals surface area contributed by atoms with E-state index < -0.39 is 11.9 Å². The summed E-state index contributed by atoms with van der Waals surface area (Å²) in [6.45, 7) is 9.31. The fourth-order valence-corrected chi connectivity index (χ4v) is 3.23. The van der Waals surface area contributed by atoms with Gasteiger partial charge in [0.1, 0.15) is 5.82 Å². The Morgan fingerprint density at radius 1 is 1.36 bits per heavy atom. The van der Waals surface area contributed by atoms with Crippen LogP contribution < -0.4 is 0 Å². The third kappa shape index (κ3) is 3.49. The number of carboxylic acids is 1. The summed E-state index contributed by atoms with van der Waals surface area (Å²) < 4.78 is 14.5. The standard InChI is InChI=1S/C18H26FNO2/c1-5-6-12-7-8-13(16(19)9-12)14-10-20(18(2,3)4)11-15(14)17(21)22/h7-9,14-15H,5-6,10-11H2,1-4H3,(H,21,22)/t14-,15+/m0/s1. The molecule has 0 bridgehead atoms. The normalized spacial score (nSPS) is 23.0. The minimum Gasteiger partial charge on any atom is -0.481 e. The lowest BCUT2D eigenvalue weighted by Crippen LogP contribution is -2.40. The first-order valence-corrected chi connectivity index (χ1v) is 8.00. The first kappa shape index (κ1) is 16.9. The van der Waals surface area contributed by atoms with E-state index in [1.807, 2.05) is 6.07 Å². The van der Waals surface area contributed by atoms with Crippen molar-refractivity contribution in [1.29, 1.82) is 0 Å². The van der Waals surface area contributed by atoms with Crippen molar-refractivity contribution in [3.8, 4) is 0 Å². The Labute approximate surface area is 132 Å². The molecule has 2 rings (SSSR count). The van der Waals surface area contributed by atoms with Gasteiger partial charge in [0.25, 0.3) is 0 Å².